The van der Waals surface area contributed by atoms with E-state index in [2.05, 4.69) is 16.9 Å². The molecule has 1 N–H and O–H groups in total. The van der Waals surface area contributed by atoms with Crippen molar-refractivity contribution in [1.82, 2.24) is 4.98 Å². The van der Waals surface area contributed by atoms with E-state index in [9.17, 15) is 10.1 Å². The summed E-state index contributed by atoms with van der Waals surface area (Å²) in [5, 5.41) is 13.3. The smallest absolute Gasteiger partial charge is 0.310 e. The second kappa shape index (κ2) is 4.20. The first-order valence-electron chi connectivity index (χ1n) is 3.69. The monoisotopic (exact) mass is 179 g/mol. The average Bonchev–Trinajstić information content (AvgIpc) is 2.15. The number of pyridine rings is 1. The van der Waals surface area contributed by atoms with Gasteiger partial charge in [0, 0.05) is 12.7 Å². The Balaban J connectivity index is 2.90. The van der Waals surface area contributed by atoms with Crippen LogP contribution in [0.25, 0.3) is 0 Å². The van der Waals surface area contributed by atoms with Gasteiger partial charge < -0.3 is 5.32 Å². The molecule has 5 heteroatoms. The van der Waals surface area contributed by atoms with Gasteiger partial charge in [0.15, 0.2) is 0 Å². The third-order valence-corrected chi connectivity index (χ3v) is 1.43. The predicted octanol–water partition coefficient (Wildman–Crippen LogP) is 1.59. The van der Waals surface area contributed by atoms with E-state index in [4.69, 9.17) is 0 Å². The quantitative estimate of drug-likeness (QED) is 0.433. The Hall–Kier alpha value is -1.91. The minimum Gasteiger partial charge on any atom is -0.376 e. The molecular weight excluding hydrogens is 170 g/mol. The predicted molar refractivity (Wildman–Crippen MR) is 49.6 cm³/mol. The van der Waals surface area contributed by atoms with E-state index in [0.717, 1.165) is 0 Å². The Morgan fingerprint density at radius 2 is 2.54 bits per heavy atom. The molecule has 0 spiro atoms. The third-order valence-electron chi connectivity index (χ3n) is 1.43. The molecule has 0 radical (unpaired) electrons. The molecule has 0 amide bonds. The molecule has 1 aromatic rings. The standard InChI is InChI=1S/C8H9N3O2/c1-2-4-10-7-3-5-9-6-8(7)11(12)13/h2-3,5-6H,1,4H2,(H,9,10). The van der Waals surface area contributed by atoms with Gasteiger partial charge in [-0.3, -0.25) is 15.1 Å². The van der Waals surface area contributed by atoms with E-state index in [-0.39, 0.29) is 5.69 Å². The maximum atomic E-state index is 10.5. The van der Waals surface area contributed by atoms with Crippen molar-refractivity contribution in [1.29, 1.82) is 0 Å². The fourth-order valence-corrected chi connectivity index (χ4v) is 0.863. The molecule has 0 aromatic carbocycles. The molecule has 13 heavy (non-hydrogen) atoms. The van der Waals surface area contributed by atoms with Crippen LogP contribution in [0.15, 0.2) is 31.1 Å². The minimum absolute atomic E-state index is 0.0237. The van der Waals surface area contributed by atoms with Crippen LogP contribution in [0.4, 0.5) is 11.4 Å². The van der Waals surface area contributed by atoms with Crippen molar-refractivity contribution in [3.05, 3.63) is 41.2 Å². The molecule has 0 bridgehead atoms. The first kappa shape index (κ1) is 9.18. The molecule has 1 aromatic heterocycles. The van der Waals surface area contributed by atoms with Gasteiger partial charge in [-0.25, -0.2) is 0 Å². The molecule has 0 saturated heterocycles. The van der Waals surface area contributed by atoms with E-state index in [0.29, 0.717) is 12.2 Å². The van der Waals surface area contributed by atoms with Gasteiger partial charge in [0.2, 0.25) is 0 Å². The van der Waals surface area contributed by atoms with Crippen LogP contribution in [0, 0.1) is 10.1 Å². The number of nitrogens with zero attached hydrogens (tertiary/aromatic N) is 2. The van der Waals surface area contributed by atoms with Crippen molar-refractivity contribution in [3.63, 3.8) is 0 Å². The van der Waals surface area contributed by atoms with E-state index >= 15 is 0 Å². The van der Waals surface area contributed by atoms with Gasteiger partial charge in [-0.15, -0.1) is 6.58 Å². The molecule has 68 valence electrons. The van der Waals surface area contributed by atoms with Gasteiger partial charge in [0.1, 0.15) is 11.9 Å². The molecule has 0 atom stereocenters. The Morgan fingerprint density at radius 3 is 3.15 bits per heavy atom. The average molecular weight is 179 g/mol. The van der Waals surface area contributed by atoms with Crippen LogP contribution in [0.2, 0.25) is 0 Å². The number of hydrogen-bond acceptors (Lipinski definition) is 4. The molecule has 0 unspecified atom stereocenters. The van der Waals surface area contributed by atoms with Crippen LogP contribution in [0.5, 0.6) is 0 Å². The Morgan fingerprint density at radius 1 is 1.77 bits per heavy atom. The Labute approximate surface area is 75.3 Å². The summed E-state index contributed by atoms with van der Waals surface area (Å²) in [5.41, 5.74) is 0.434. The van der Waals surface area contributed by atoms with E-state index < -0.39 is 4.92 Å². The largest absolute Gasteiger partial charge is 0.376 e. The van der Waals surface area contributed by atoms with Gasteiger partial charge in [0.25, 0.3) is 0 Å². The number of aromatic nitrogens is 1. The van der Waals surface area contributed by atoms with Gasteiger partial charge in [-0.2, -0.15) is 0 Å². The van der Waals surface area contributed by atoms with Crippen LogP contribution in [-0.2, 0) is 0 Å². The lowest BCUT2D eigenvalue weighted by molar-refractivity contribution is -0.384. The first-order chi connectivity index (χ1) is 6.25. The van der Waals surface area contributed by atoms with Crippen LogP contribution in [-0.4, -0.2) is 16.5 Å². The summed E-state index contributed by atoms with van der Waals surface area (Å²) < 4.78 is 0. The number of nitro groups is 1. The van der Waals surface area contributed by atoms with E-state index in [1.165, 1.54) is 12.4 Å². The highest BCUT2D eigenvalue weighted by molar-refractivity contribution is 5.59. The SMILES string of the molecule is C=CCNc1ccncc1[N+](=O)[O-]. The summed E-state index contributed by atoms with van der Waals surface area (Å²) in [6.07, 6.45) is 4.34. The lowest BCUT2D eigenvalue weighted by Crippen LogP contribution is -2.01. The minimum atomic E-state index is -0.474. The molecular formula is C8H9N3O2. The summed E-state index contributed by atoms with van der Waals surface area (Å²) in [6.45, 7) is 3.99. The van der Waals surface area contributed by atoms with Crippen molar-refractivity contribution in [2.75, 3.05) is 11.9 Å². The molecule has 0 aliphatic heterocycles. The molecule has 5 nitrogen and oxygen atoms in total. The number of nitrogens with one attached hydrogen (secondary N) is 1. The van der Waals surface area contributed by atoms with Crippen molar-refractivity contribution < 1.29 is 4.92 Å². The second-order valence-corrected chi connectivity index (χ2v) is 2.32. The first-order valence-corrected chi connectivity index (χ1v) is 3.69. The summed E-state index contributed by atoms with van der Waals surface area (Å²) in [6, 6.07) is 1.56. The van der Waals surface area contributed by atoms with Crippen LogP contribution >= 0.6 is 0 Å². The van der Waals surface area contributed by atoms with Gasteiger partial charge in [-0.05, 0) is 6.07 Å². The normalized spacial score (nSPS) is 9.23. The van der Waals surface area contributed by atoms with Gasteiger partial charge in [-0.1, -0.05) is 6.08 Å². The third kappa shape index (κ3) is 2.26. The zero-order valence-electron chi connectivity index (χ0n) is 6.93. The maximum Gasteiger partial charge on any atom is 0.310 e. The van der Waals surface area contributed by atoms with Crippen molar-refractivity contribution in [2.24, 2.45) is 0 Å². The maximum absolute atomic E-state index is 10.5. The van der Waals surface area contributed by atoms with Crippen molar-refractivity contribution in [3.8, 4) is 0 Å². The topological polar surface area (TPSA) is 68.1 Å². The second-order valence-electron chi connectivity index (χ2n) is 2.32. The lowest BCUT2D eigenvalue weighted by Gasteiger charge is -2.02. The van der Waals surface area contributed by atoms with E-state index in [1.54, 1.807) is 12.1 Å². The Kier molecular flexibility index (Phi) is 2.97. The number of anilines is 1. The molecule has 0 saturated carbocycles. The molecule has 1 rings (SSSR count). The molecule has 0 fully saturated rings. The van der Waals surface area contributed by atoms with Crippen molar-refractivity contribution in [2.45, 2.75) is 0 Å². The highest BCUT2D eigenvalue weighted by Crippen LogP contribution is 2.21. The zero-order chi connectivity index (χ0) is 9.68. The van der Waals surface area contributed by atoms with Crippen LogP contribution < -0.4 is 5.32 Å². The van der Waals surface area contributed by atoms with Gasteiger partial charge >= 0.3 is 5.69 Å². The fourth-order valence-electron chi connectivity index (χ4n) is 0.863. The highest BCUT2D eigenvalue weighted by Gasteiger charge is 2.11. The molecule has 1 heterocycles. The van der Waals surface area contributed by atoms with Gasteiger partial charge in [0.05, 0.1) is 4.92 Å². The number of rotatable bonds is 4. The molecule has 0 aliphatic rings. The molecule has 0 aliphatic carbocycles. The zero-order valence-corrected chi connectivity index (χ0v) is 6.93. The number of hydrogen-bond donors (Lipinski definition) is 1. The van der Waals surface area contributed by atoms with Crippen LogP contribution in [0.1, 0.15) is 0 Å². The summed E-state index contributed by atoms with van der Waals surface area (Å²) in [7, 11) is 0. The van der Waals surface area contributed by atoms with Crippen molar-refractivity contribution >= 4 is 11.4 Å². The highest BCUT2D eigenvalue weighted by atomic mass is 16.6. The Bertz CT molecular complexity index is 325. The summed E-state index contributed by atoms with van der Waals surface area (Å²) >= 11 is 0. The van der Waals surface area contributed by atoms with Crippen LogP contribution in [0.3, 0.4) is 0 Å². The van der Waals surface area contributed by atoms with E-state index in [1.807, 2.05) is 0 Å². The lowest BCUT2D eigenvalue weighted by atomic mass is 10.3. The summed E-state index contributed by atoms with van der Waals surface area (Å²) in [4.78, 5) is 13.7. The fraction of sp³-hybridized carbons (Fsp3) is 0.125. The summed E-state index contributed by atoms with van der Waals surface area (Å²) in [5.74, 6) is 0.